The maximum absolute atomic E-state index is 11.5. The second kappa shape index (κ2) is 7.79. The van der Waals surface area contributed by atoms with E-state index in [1.807, 2.05) is 0 Å². The number of carbonyl (C=O) groups is 1. The van der Waals surface area contributed by atoms with Crippen LogP contribution in [0.25, 0.3) is 6.08 Å². The van der Waals surface area contributed by atoms with E-state index in [4.69, 9.17) is 18.6 Å². The molecule has 2 aromatic rings. The van der Waals surface area contributed by atoms with Gasteiger partial charge in [-0.3, -0.25) is 4.79 Å². The van der Waals surface area contributed by atoms with Gasteiger partial charge < -0.3 is 23.9 Å². The van der Waals surface area contributed by atoms with Crippen molar-refractivity contribution in [2.45, 2.75) is 0 Å². The number of furan rings is 1. The third kappa shape index (κ3) is 4.34. The van der Waals surface area contributed by atoms with Crippen LogP contribution in [-0.4, -0.2) is 25.9 Å². The van der Waals surface area contributed by atoms with Crippen molar-refractivity contribution in [2.24, 2.45) is 0 Å². The third-order valence-corrected chi connectivity index (χ3v) is 3.07. The van der Waals surface area contributed by atoms with Crippen molar-refractivity contribution in [1.29, 1.82) is 0 Å². The fourth-order valence-electron chi connectivity index (χ4n) is 1.93. The lowest BCUT2D eigenvalue weighted by atomic mass is 10.3. The molecule has 0 aliphatic carbocycles. The van der Waals surface area contributed by atoms with Crippen LogP contribution < -0.4 is 19.5 Å². The van der Waals surface area contributed by atoms with Gasteiger partial charge in [0.25, 0.3) is 0 Å². The predicted octanol–water partition coefficient (Wildman–Crippen LogP) is 2.22. The summed E-state index contributed by atoms with van der Waals surface area (Å²) in [5, 5.41) is 2.64. The van der Waals surface area contributed by atoms with E-state index < -0.39 is 0 Å². The Morgan fingerprint density at radius 2 is 2.17 bits per heavy atom. The fourth-order valence-corrected chi connectivity index (χ4v) is 1.93. The quantitative estimate of drug-likeness (QED) is 0.674. The number of benzene rings is 1. The summed E-state index contributed by atoms with van der Waals surface area (Å²) in [6, 6.07) is 8.85. The van der Waals surface area contributed by atoms with E-state index in [-0.39, 0.29) is 25.9 Å². The van der Waals surface area contributed by atoms with Crippen molar-refractivity contribution in [1.82, 2.24) is 5.32 Å². The van der Waals surface area contributed by atoms with Gasteiger partial charge in [0.2, 0.25) is 12.7 Å². The van der Waals surface area contributed by atoms with Crippen LogP contribution in [0.3, 0.4) is 0 Å². The summed E-state index contributed by atoms with van der Waals surface area (Å²) < 4.78 is 21.1. The van der Waals surface area contributed by atoms with Crippen LogP contribution in [0.15, 0.2) is 47.1 Å². The largest absolute Gasteiger partial charge is 0.481 e. The summed E-state index contributed by atoms with van der Waals surface area (Å²) in [7, 11) is 0. The predicted molar refractivity (Wildman–Crippen MR) is 86.6 cm³/mol. The molecule has 0 bridgehead atoms. The van der Waals surface area contributed by atoms with Gasteiger partial charge in [0.1, 0.15) is 18.1 Å². The molecule has 0 radical (unpaired) electrons. The van der Waals surface area contributed by atoms with Crippen molar-refractivity contribution in [2.75, 3.05) is 19.9 Å². The van der Waals surface area contributed by atoms with Gasteiger partial charge in [-0.2, -0.15) is 0 Å². The van der Waals surface area contributed by atoms with Crippen molar-refractivity contribution in [3.63, 3.8) is 0 Å². The van der Waals surface area contributed by atoms with Crippen molar-refractivity contribution in [3.05, 3.63) is 48.4 Å². The van der Waals surface area contributed by atoms with Crippen molar-refractivity contribution >= 4 is 12.0 Å². The lowest BCUT2D eigenvalue weighted by molar-refractivity contribution is -0.116. The lowest BCUT2D eigenvalue weighted by Crippen LogP contribution is -2.21. The lowest BCUT2D eigenvalue weighted by Gasteiger charge is -2.02. The molecule has 3 rings (SSSR count). The molecule has 24 heavy (non-hydrogen) atoms. The van der Waals surface area contributed by atoms with E-state index in [1.54, 1.807) is 42.7 Å². The van der Waals surface area contributed by atoms with E-state index in [1.165, 1.54) is 6.08 Å². The zero-order valence-corrected chi connectivity index (χ0v) is 12.8. The molecular weight excluding hydrogens is 310 g/mol. The topological polar surface area (TPSA) is 69.9 Å². The molecule has 122 valence electrons. The van der Waals surface area contributed by atoms with Crippen LogP contribution in [0, 0.1) is 11.8 Å². The molecule has 1 aliphatic heterocycles. The van der Waals surface area contributed by atoms with Crippen LogP contribution in [0.5, 0.6) is 17.2 Å². The molecular formula is C18H15NO5. The Labute approximate surface area is 139 Å². The van der Waals surface area contributed by atoms with Gasteiger partial charge in [0.15, 0.2) is 11.5 Å². The van der Waals surface area contributed by atoms with Gasteiger partial charge in [-0.25, -0.2) is 0 Å². The molecule has 0 atom stereocenters. The van der Waals surface area contributed by atoms with E-state index in [0.29, 0.717) is 23.0 Å². The SMILES string of the molecule is O=C(C=Cc1ccco1)NCC#CCOc1ccc2c(c1)OCO2. The molecule has 0 unspecified atom stereocenters. The molecule has 6 heteroatoms. The summed E-state index contributed by atoms with van der Waals surface area (Å²) in [6.45, 7) is 0.691. The molecule has 6 nitrogen and oxygen atoms in total. The first-order valence-corrected chi connectivity index (χ1v) is 7.29. The monoisotopic (exact) mass is 325 g/mol. The molecule has 0 saturated heterocycles. The molecule has 1 N–H and O–H groups in total. The van der Waals surface area contributed by atoms with E-state index in [9.17, 15) is 4.79 Å². The van der Waals surface area contributed by atoms with Gasteiger partial charge in [0.05, 0.1) is 12.8 Å². The van der Waals surface area contributed by atoms with E-state index in [2.05, 4.69) is 17.2 Å². The minimum Gasteiger partial charge on any atom is -0.481 e. The zero-order chi connectivity index (χ0) is 16.6. The van der Waals surface area contributed by atoms with E-state index in [0.717, 1.165) is 0 Å². The van der Waals surface area contributed by atoms with Gasteiger partial charge in [-0.1, -0.05) is 11.8 Å². The molecule has 0 fully saturated rings. The second-order valence-corrected chi connectivity index (χ2v) is 4.72. The first kappa shape index (κ1) is 15.6. The Hall–Kier alpha value is -3.33. The number of rotatable bonds is 5. The number of nitrogens with one attached hydrogen (secondary N) is 1. The molecule has 1 aromatic carbocycles. The average Bonchev–Trinajstić information content (AvgIpc) is 3.26. The van der Waals surface area contributed by atoms with Crippen LogP contribution in [0.1, 0.15) is 5.76 Å². The van der Waals surface area contributed by atoms with Crippen LogP contribution in [0.2, 0.25) is 0 Å². The van der Waals surface area contributed by atoms with Crippen LogP contribution >= 0.6 is 0 Å². The Kier molecular flexibility index (Phi) is 5.05. The maximum Gasteiger partial charge on any atom is 0.244 e. The Morgan fingerprint density at radius 1 is 1.25 bits per heavy atom. The molecule has 1 aromatic heterocycles. The third-order valence-electron chi connectivity index (χ3n) is 3.07. The number of carbonyl (C=O) groups excluding carboxylic acids is 1. The van der Waals surface area contributed by atoms with Gasteiger partial charge >= 0.3 is 0 Å². The maximum atomic E-state index is 11.5. The smallest absolute Gasteiger partial charge is 0.244 e. The van der Waals surface area contributed by atoms with Crippen molar-refractivity contribution in [3.8, 4) is 29.1 Å². The number of ether oxygens (including phenoxy) is 3. The van der Waals surface area contributed by atoms with Crippen molar-refractivity contribution < 1.29 is 23.4 Å². The number of hydrogen-bond acceptors (Lipinski definition) is 5. The molecule has 2 heterocycles. The number of amides is 1. The molecule has 0 saturated carbocycles. The standard InChI is InChI=1S/C18H15NO5/c20-18(8-6-14-4-3-11-21-14)19-9-1-2-10-22-15-5-7-16-17(12-15)24-13-23-16/h3-8,11-12H,9-10,13H2,(H,19,20). The minimum atomic E-state index is -0.239. The van der Waals surface area contributed by atoms with Gasteiger partial charge in [0, 0.05) is 12.1 Å². The average molecular weight is 325 g/mol. The van der Waals surface area contributed by atoms with Crippen LogP contribution in [-0.2, 0) is 4.79 Å². The highest BCUT2D eigenvalue weighted by Crippen LogP contribution is 2.34. The Balaban J connectivity index is 1.36. The summed E-state index contributed by atoms with van der Waals surface area (Å²) in [4.78, 5) is 11.5. The first-order valence-electron chi connectivity index (χ1n) is 7.29. The van der Waals surface area contributed by atoms with Gasteiger partial charge in [-0.15, -0.1) is 0 Å². The highest BCUT2D eigenvalue weighted by atomic mass is 16.7. The molecule has 1 aliphatic rings. The van der Waals surface area contributed by atoms with E-state index >= 15 is 0 Å². The Bertz CT molecular complexity index is 783. The highest BCUT2D eigenvalue weighted by molar-refractivity contribution is 5.91. The first-order chi connectivity index (χ1) is 11.8. The zero-order valence-electron chi connectivity index (χ0n) is 12.8. The normalized spacial score (nSPS) is 11.8. The van der Waals surface area contributed by atoms with Gasteiger partial charge in [-0.05, 0) is 30.3 Å². The fraction of sp³-hybridized carbons (Fsp3) is 0.167. The summed E-state index contributed by atoms with van der Waals surface area (Å²) in [6.07, 6.45) is 4.53. The molecule has 1 amide bonds. The Morgan fingerprint density at radius 3 is 3.04 bits per heavy atom. The summed E-state index contributed by atoms with van der Waals surface area (Å²) >= 11 is 0. The highest BCUT2D eigenvalue weighted by Gasteiger charge is 2.13. The molecule has 0 spiro atoms. The van der Waals surface area contributed by atoms with Crippen LogP contribution in [0.4, 0.5) is 0 Å². The number of hydrogen-bond donors (Lipinski definition) is 1. The number of fused-ring (bicyclic) bond motifs is 1. The minimum absolute atomic E-state index is 0.220. The second-order valence-electron chi connectivity index (χ2n) is 4.72. The summed E-state index contributed by atoms with van der Waals surface area (Å²) in [5.74, 6) is 8.04. The summed E-state index contributed by atoms with van der Waals surface area (Å²) in [5.41, 5.74) is 0.